The van der Waals surface area contributed by atoms with Gasteiger partial charge in [-0.2, -0.15) is 8.61 Å². The van der Waals surface area contributed by atoms with Gasteiger partial charge in [0.1, 0.15) is 11.5 Å². The standard InChI is InChI=1S/C28H26ClN4O6PS2.C28H25ClN4O3S2.Cl3OP/c29-21-9-11-25(12-10-21)42(37,38)32-13-3-7-23(18-32)30-22-6-1-5-20(16-22)27-26(31-28-33(27)14-15-41-28)19-4-2-8-24(17-19)39-40(34,35)36;29-21-9-11-25(12-10-21)38(35,36)32-13-3-7-23(18-32)30-22-6-1-5-20(16-22)27-26(19-4-2-8-24(34)17-19)31-28-33(27)14-15-37-28;1-5(2,3)4/h1-2,4-6,8-12,14-17,23,30H,3,7,13,18H2,(H2,34,35,36);1-2,4-6,8-12,14-17,23,30,34H,3,7,13,18H2;/t2*23-;/m11./s1. The number of fused-ring (bicyclic) bond motifs is 2. The van der Waals surface area contributed by atoms with Gasteiger partial charge in [0, 0.05) is 105 Å². The number of nitrogens with one attached hydrogen (secondary N) is 2. The molecule has 0 spiro atoms. The molecule has 6 aromatic carbocycles. The molecule has 2 aliphatic rings. The summed E-state index contributed by atoms with van der Waals surface area (Å²) in [5.74, 6) is 0.226. The van der Waals surface area contributed by atoms with Gasteiger partial charge in [-0.15, -0.1) is 22.7 Å². The number of phosphoric ester groups is 1. The maximum absolute atomic E-state index is 13.3. The molecule has 85 heavy (non-hydrogen) atoms. The second-order valence-electron chi connectivity index (χ2n) is 19.6. The van der Waals surface area contributed by atoms with E-state index in [4.69, 9.17) is 37.7 Å². The SMILES string of the molecule is O=P(Cl)(Cl)Cl.O=P(O)(O)Oc1cccc(-c2nc3sccn3c2-c2cccc(N[C@@H]3CCCN(S(=O)(=O)c4ccc(Cl)cc4)C3)c2)c1.O=S(=O)(c1ccc(Cl)cc1)N1CCC[C@@H](Nc2cccc(-c3c(-c4cccc(O)c4)nc4sccn34)c2)C1. The number of nitrogens with zero attached hydrogens (tertiary/aromatic N) is 6. The van der Waals surface area contributed by atoms with Gasteiger partial charge in [-0.05, 0) is 156 Å². The van der Waals surface area contributed by atoms with E-state index < -0.39 is 33.1 Å². The minimum atomic E-state index is -4.72. The van der Waals surface area contributed by atoms with Crippen LogP contribution in [0.2, 0.25) is 10.0 Å². The van der Waals surface area contributed by atoms with Crippen LogP contribution in [0.3, 0.4) is 0 Å². The molecule has 2 saturated heterocycles. The second kappa shape index (κ2) is 26.5. The number of benzene rings is 6. The molecule has 5 N–H and O–H groups in total. The summed E-state index contributed by atoms with van der Waals surface area (Å²) in [4.78, 5) is 30.3. The number of phenols is 1. The molecule has 0 aliphatic carbocycles. The lowest BCUT2D eigenvalue weighted by Crippen LogP contribution is -2.45. The molecular weight excluding hydrogens is 1310 g/mol. The van der Waals surface area contributed by atoms with E-state index in [9.17, 15) is 40.9 Å². The molecule has 0 bridgehead atoms. The van der Waals surface area contributed by atoms with Crippen molar-refractivity contribution in [2.24, 2.45) is 0 Å². The summed E-state index contributed by atoms with van der Waals surface area (Å²) in [5, 5.41) is 18.8. The maximum Gasteiger partial charge on any atom is 0.524 e. The molecule has 0 amide bonds. The van der Waals surface area contributed by atoms with Crippen molar-refractivity contribution in [3.05, 3.63) is 179 Å². The first-order valence-electron chi connectivity index (χ1n) is 26.0. The summed E-state index contributed by atoms with van der Waals surface area (Å²) < 4.78 is 85.8. The fraction of sp³-hybridized carbons (Fsp3) is 0.179. The maximum atomic E-state index is 13.3. The molecule has 29 heteroatoms. The summed E-state index contributed by atoms with van der Waals surface area (Å²) in [5.41, 5.74) is 8.22. The number of anilines is 2. The monoisotopic (exact) mass is 1360 g/mol. The Balaban J connectivity index is 0.000000176. The number of aromatic hydroxyl groups is 1. The number of thiazole rings is 2. The average Bonchev–Trinajstić information content (AvgIpc) is 4.31. The van der Waals surface area contributed by atoms with Gasteiger partial charge < -0.3 is 20.3 Å². The summed E-state index contributed by atoms with van der Waals surface area (Å²) in [6.45, 7) is 1.64. The van der Waals surface area contributed by atoms with Crippen LogP contribution in [-0.4, -0.2) is 97.4 Å². The zero-order valence-corrected chi connectivity index (χ0v) is 53.1. The largest absolute Gasteiger partial charge is 0.524 e. The van der Waals surface area contributed by atoms with Crippen molar-refractivity contribution in [2.45, 2.75) is 47.6 Å². The first-order valence-corrected chi connectivity index (χ1v) is 37.3. The van der Waals surface area contributed by atoms with Crippen LogP contribution in [0.1, 0.15) is 25.7 Å². The lowest BCUT2D eigenvalue weighted by molar-refractivity contribution is 0.283. The third kappa shape index (κ3) is 15.6. The number of sulfonamides is 2. The van der Waals surface area contributed by atoms with Gasteiger partial charge in [0.15, 0.2) is 9.92 Å². The molecule has 0 saturated carbocycles. The third-order valence-corrected chi connectivity index (χ3v) is 19.9. The predicted molar refractivity (Wildman–Crippen MR) is 341 cm³/mol. The van der Waals surface area contributed by atoms with Crippen molar-refractivity contribution in [1.29, 1.82) is 0 Å². The molecule has 10 aromatic rings. The number of piperidine rings is 2. The molecular formula is C56H51Cl5N8O10P2S4. The minimum absolute atomic E-state index is 0.0294. The minimum Gasteiger partial charge on any atom is -0.508 e. The van der Waals surface area contributed by atoms with E-state index in [2.05, 4.69) is 54.8 Å². The van der Waals surface area contributed by atoms with Crippen LogP contribution in [-0.2, 0) is 29.2 Å². The van der Waals surface area contributed by atoms with Gasteiger partial charge in [0.05, 0.1) is 32.6 Å². The van der Waals surface area contributed by atoms with Crippen molar-refractivity contribution in [3.63, 3.8) is 0 Å². The topological polar surface area (TPSA) is 237 Å². The number of rotatable bonds is 14. The van der Waals surface area contributed by atoms with E-state index in [1.807, 2.05) is 88.2 Å². The predicted octanol–water partition coefficient (Wildman–Crippen LogP) is 15.3. The van der Waals surface area contributed by atoms with Crippen LogP contribution in [0.4, 0.5) is 11.4 Å². The summed E-state index contributed by atoms with van der Waals surface area (Å²) in [7, 11) is -12.0. The van der Waals surface area contributed by atoms with Crippen LogP contribution in [0, 0.1) is 0 Å². The van der Waals surface area contributed by atoms with Crippen LogP contribution in [0.25, 0.3) is 55.0 Å². The van der Waals surface area contributed by atoms with E-state index in [1.54, 1.807) is 76.3 Å². The van der Waals surface area contributed by atoms with Crippen molar-refractivity contribution < 1.29 is 45.4 Å². The third-order valence-electron chi connectivity index (χ3n) is 13.7. The van der Waals surface area contributed by atoms with Crippen LogP contribution >= 0.6 is 92.6 Å². The highest BCUT2D eigenvalue weighted by atomic mass is 36.0. The van der Waals surface area contributed by atoms with Gasteiger partial charge in [-0.3, -0.25) is 23.2 Å². The first kappa shape index (κ1) is 62.6. The summed E-state index contributed by atoms with van der Waals surface area (Å²) >= 11 is 28.8. The highest BCUT2D eigenvalue weighted by Gasteiger charge is 2.32. The van der Waals surface area contributed by atoms with Crippen LogP contribution < -0.4 is 15.2 Å². The average molecular weight is 1360 g/mol. The van der Waals surface area contributed by atoms with Crippen molar-refractivity contribution in [1.82, 2.24) is 27.4 Å². The van der Waals surface area contributed by atoms with Crippen molar-refractivity contribution in [3.8, 4) is 56.5 Å². The molecule has 0 unspecified atom stereocenters. The number of hydrogen-bond acceptors (Lipinski definition) is 14. The molecule has 2 fully saturated rings. The van der Waals surface area contributed by atoms with Gasteiger partial charge in [0.2, 0.25) is 20.0 Å². The lowest BCUT2D eigenvalue weighted by Gasteiger charge is -2.33. The zero-order valence-electron chi connectivity index (χ0n) is 44.3. The van der Waals surface area contributed by atoms with Crippen LogP contribution in [0.5, 0.6) is 11.5 Å². The second-order valence-corrected chi connectivity index (χ2v) is 33.8. The Kier molecular flexibility index (Phi) is 19.5. The van der Waals surface area contributed by atoms with Gasteiger partial charge in [-0.1, -0.05) is 71.7 Å². The Morgan fingerprint density at radius 2 is 0.976 bits per heavy atom. The van der Waals surface area contributed by atoms with Crippen LogP contribution in [0.15, 0.2) is 179 Å². The van der Waals surface area contributed by atoms with E-state index in [0.717, 1.165) is 80.8 Å². The van der Waals surface area contributed by atoms with Gasteiger partial charge >= 0.3 is 13.0 Å². The Morgan fingerprint density at radius 3 is 1.41 bits per heavy atom. The molecule has 2 atom stereocenters. The van der Waals surface area contributed by atoms with Gasteiger partial charge in [0.25, 0.3) is 0 Å². The number of halogens is 5. The normalized spacial score (nSPS) is 16.3. The van der Waals surface area contributed by atoms with Gasteiger partial charge in [-0.25, -0.2) is 31.4 Å². The lowest BCUT2D eigenvalue weighted by atomic mass is 10.0. The summed E-state index contributed by atoms with van der Waals surface area (Å²) in [6, 6.07) is 41.9. The Hall–Kier alpha value is -5.49. The number of hydrogen-bond donors (Lipinski definition) is 5. The molecule has 2 aliphatic heterocycles. The quantitative estimate of drug-likeness (QED) is 0.0637. The smallest absolute Gasteiger partial charge is 0.508 e. The Labute approximate surface area is 522 Å². The Morgan fingerprint density at radius 1 is 0.565 bits per heavy atom. The van der Waals surface area contributed by atoms with Crippen molar-refractivity contribution >= 4 is 134 Å². The fourth-order valence-electron chi connectivity index (χ4n) is 10.1. The molecule has 6 heterocycles. The highest BCUT2D eigenvalue weighted by Crippen LogP contribution is 2.61. The Bertz CT molecular complexity index is 4350. The zero-order chi connectivity index (χ0) is 60.3. The molecule has 0 radical (unpaired) electrons. The number of aromatic nitrogens is 4. The summed E-state index contributed by atoms with van der Waals surface area (Å²) in [6.07, 6.45) is 7.09. The number of phosphoric acid groups is 1. The van der Waals surface area contributed by atoms with Crippen molar-refractivity contribution in [2.75, 3.05) is 36.8 Å². The number of phenolic OH excluding ortho intramolecular Hbond substituents is 1. The molecule has 4 aromatic heterocycles. The van der Waals surface area contributed by atoms with E-state index in [1.165, 1.54) is 33.8 Å². The van der Waals surface area contributed by atoms with E-state index >= 15 is 0 Å². The molecule has 12 rings (SSSR count). The molecule has 18 nitrogen and oxygen atoms in total. The fourth-order valence-corrected chi connectivity index (χ4v) is 15.2. The first-order chi connectivity index (χ1) is 40.4. The van der Waals surface area contributed by atoms with E-state index in [-0.39, 0.29) is 33.4 Å². The molecule has 444 valence electrons. The number of imidazole rings is 2. The van der Waals surface area contributed by atoms with E-state index in [0.29, 0.717) is 47.5 Å². The highest BCUT2D eigenvalue weighted by molar-refractivity contribution is 8.24.